The zero-order valence-electron chi connectivity index (χ0n) is 11.5. The van der Waals surface area contributed by atoms with Crippen LogP contribution in [0, 0.1) is 0 Å². The molecule has 2 heterocycles. The average molecular weight is 288 g/mol. The summed E-state index contributed by atoms with van der Waals surface area (Å²) >= 11 is 0. The van der Waals surface area contributed by atoms with Crippen molar-refractivity contribution in [1.82, 2.24) is 4.57 Å². The molecule has 1 aliphatic heterocycles. The van der Waals surface area contributed by atoms with Gasteiger partial charge in [0.25, 0.3) is 5.56 Å². The summed E-state index contributed by atoms with van der Waals surface area (Å²) < 4.78 is 12.4. The number of hydrogen-bond donors (Lipinski definition) is 1. The molecule has 110 valence electrons. The van der Waals surface area contributed by atoms with E-state index in [1.807, 2.05) is 12.1 Å². The minimum absolute atomic E-state index is 0.250. The number of amides is 1. The van der Waals surface area contributed by atoms with Gasteiger partial charge in [-0.25, -0.2) is 0 Å². The van der Waals surface area contributed by atoms with Gasteiger partial charge in [-0.3, -0.25) is 9.59 Å². The number of aryl methyl sites for hydroxylation is 1. The summed E-state index contributed by atoms with van der Waals surface area (Å²) in [6.45, 7) is 1.63. The first-order chi connectivity index (χ1) is 10.2. The standard InChI is InChI=1S/C15H16N2O4/c16-15(19)11-9-13(18)17(6-5-14-20-7-8-21-14)12-4-2-1-3-10(11)12/h1-4,9,14H,5-8H2,(H2,16,19). The number of aromatic nitrogens is 1. The summed E-state index contributed by atoms with van der Waals surface area (Å²) in [5, 5.41) is 0.679. The Morgan fingerprint density at radius 3 is 2.71 bits per heavy atom. The highest BCUT2D eigenvalue weighted by Gasteiger charge is 2.17. The van der Waals surface area contributed by atoms with E-state index in [-0.39, 0.29) is 17.4 Å². The number of nitrogens with two attached hydrogens (primary N) is 1. The highest BCUT2D eigenvalue weighted by Crippen LogP contribution is 2.18. The van der Waals surface area contributed by atoms with Gasteiger partial charge in [0.15, 0.2) is 6.29 Å². The van der Waals surface area contributed by atoms with Gasteiger partial charge in [0.05, 0.1) is 24.3 Å². The minimum Gasteiger partial charge on any atom is -0.366 e. The third-order valence-electron chi connectivity index (χ3n) is 3.56. The lowest BCUT2D eigenvalue weighted by Gasteiger charge is -2.14. The molecular formula is C15H16N2O4. The third kappa shape index (κ3) is 2.68. The van der Waals surface area contributed by atoms with Crippen LogP contribution >= 0.6 is 0 Å². The highest BCUT2D eigenvalue weighted by atomic mass is 16.7. The average Bonchev–Trinajstić information content (AvgIpc) is 2.98. The molecule has 0 saturated carbocycles. The Labute approximate surface area is 121 Å². The van der Waals surface area contributed by atoms with Gasteiger partial charge in [0.2, 0.25) is 5.91 Å². The Bertz CT molecular complexity index is 732. The van der Waals surface area contributed by atoms with Gasteiger partial charge in [-0.2, -0.15) is 0 Å². The Balaban J connectivity index is 2.01. The van der Waals surface area contributed by atoms with Crippen LogP contribution in [0.4, 0.5) is 0 Å². The number of primary amides is 1. The lowest BCUT2D eigenvalue weighted by Crippen LogP contribution is -2.25. The second-order valence-electron chi connectivity index (χ2n) is 4.89. The molecule has 2 N–H and O–H groups in total. The molecule has 2 aromatic rings. The van der Waals surface area contributed by atoms with Gasteiger partial charge in [0, 0.05) is 24.4 Å². The summed E-state index contributed by atoms with van der Waals surface area (Å²) in [7, 11) is 0. The highest BCUT2D eigenvalue weighted by molar-refractivity contribution is 6.05. The molecule has 0 radical (unpaired) electrons. The number of ether oxygens (including phenoxy) is 2. The van der Waals surface area contributed by atoms with Gasteiger partial charge in [-0.1, -0.05) is 18.2 Å². The molecule has 6 heteroatoms. The largest absolute Gasteiger partial charge is 0.366 e. The molecule has 1 amide bonds. The van der Waals surface area contributed by atoms with Crippen molar-refractivity contribution in [3.8, 4) is 0 Å². The van der Waals surface area contributed by atoms with E-state index in [1.54, 1.807) is 16.7 Å². The molecule has 0 atom stereocenters. The fraction of sp³-hybridized carbons (Fsp3) is 0.333. The molecule has 0 bridgehead atoms. The van der Waals surface area contributed by atoms with Crippen molar-refractivity contribution in [1.29, 1.82) is 0 Å². The van der Waals surface area contributed by atoms with Gasteiger partial charge >= 0.3 is 0 Å². The summed E-state index contributed by atoms with van der Waals surface area (Å²) in [6.07, 6.45) is 0.311. The Hall–Kier alpha value is -2.18. The van der Waals surface area contributed by atoms with Crippen LogP contribution in [0.3, 0.4) is 0 Å². The van der Waals surface area contributed by atoms with Crippen LogP contribution in [0.1, 0.15) is 16.8 Å². The van der Waals surface area contributed by atoms with Crippen LogP contribution in [-0.2, 0) is 16.0 Å². The fourth-order valence-corrected chi connectivity index (χ4v) is 2.58. The molecule has 0 spiro atoms. The van der Waals surface area contributed by atoms with E-state index in [2.05, 4.69) is 0 Å². The van der Waals surface area contributed by atoms with Crippen molar-refractivity contribution in [3.05, 3.63) is 46.2 Å². The molecule has 1 saturated heterocycles. The van der Waals surface area contributed by atoms with E-state index in [9.17, 15) is 9.59 Å². The molecular weight excluding hydrogens is 272 g/mol. The van der Waals surface area contributed by atoms with E-state index >= 15 is 0 Å². The van der Waals surface area contributed by atoms with Crippen molar-refractivity contribution in [3.63, 3.8) is 0 Å². The Morgan fingerprint density at radius 2 is 2.00 bits per heavy atom. The van der Waals surface area contributed by atoms with Gasteiger partial charge in [-0.05, 0) is 6.07 Å². The molecule has 6 nitrogen and oxygen atoms in total. The maximum Gasteiger partial charge on any atom is 0.251 e. The topological polar surface area (TPSA) is 83.6 Å². The van der Waals surface area contributed by atoms with Crippen molar-refractivity contribution < 1.29 is 14.3 Å². The molecule has 21 heavy (non-hydrogen) atoms. The van der Waals surface area contributed by atoms with Crippen LogP contribution < -0.4 is 11.3 Å². The van der Waals surface area contributed by atoms with Crippen molar-refractivity contribution >= 4 is 16.8 Å². The van der Waals surface area contributed by atoms with Crippen LogP contribution in [0.2, 0.25) is 0 Å². The molecule has 1 aromatic carbocycles. The molecule has 1 aromatic heterocycles. The van der Waals surface area contributed by atoms with Crippen molar-refractivity contribution in [2.45, 2.75) is 19.3 Å². The normalized spacial score (nSPS) is 15.6. The van der Waals surface area contributed by atoms with Gasteiger partial charge in [0.1, 0.15) is 0 Å². The molecule has 3 rings (SSSR count). The molecule has 0 unspecified atom stereocenters. The summed E-state index contributed by atoms with van der Waals surface area (Å²) in [4.78, 5) is 23.7. The number of hydrogen-bond acceptors (Lipinski definition) is 4. The molecule has 0 aliphatic carbocycles. The fourth-order valence-electron chi connectivity index (χ4n) is 2.58. The second kappa shape index (κ2) is 5.67. The first-order valence-electron chi connectivity index (χ1n) is 6.82. The maximum atomic E-state index is 12.2. The van der Waals surface area contributed by atoms with Crippen molar-refractivity contribution in [2.75, 3.05) is 13.2 Å². The predicted molar refractivity (Wildman–Crippen MR) is 77.0 cm³/mol. The van der Waals surface area contributed by atoms with Crippen LogP contribution in [0.15, 0.2) is 35.1 Å². The summed E-state index contributed by atoms with van der Waals surface area (Å²) in [6, 6.07) is 8.52. The quantitative estimate of drug-likeness (QED) is 0.904. The Kier molecular flexibility index (Phi) is 3.72. The maximum absolute atomic E-state index is 12.2. The van der Waals surface area contributed by atoms with Crippen LogP contribution in [0.5, 0.6) is 0 Å². The van der Waals surface area contributed by atoms with Crippen LogP contribution in [0.25, 0.3) is 10.9 Å². The van der Waals surface area contributed by atoms with Gasteiger partial charge in [-0.15, -0.1) is 0 Å². The number of pyridine rings is 1. The molecule has 1 aliphatic rings. The van der Waals surface area contributed by atoms with Gasteiger partial charge < -0.3 is 19.8 Å². The number of fused-ring (bicyclic) bond motifs is 1. The number of carbonyl (C=O) groups is 1. The van der Waals surface area contributed by atoms with E-state index in [1.165, 1.54) is 6.07 Å². The van der Waals surface area contributed by atoms with Crippen LogP contribution in [-0.4, -0.2) is 30.0 Å². The number of benzene rings is 1. The number of rotatable bonds is 4. The first-order valence-corrected chi connectivity index (χ1v) is 6.82. The van der Waals surface area contributed by atoms with Crippen molar-refractivity contribution in [2.24, 2.45) is 5.73 Å². The number of carbonyl (C=O) groups excluding carboxylic acids is 1. The Morgan fingerprint density at radius 1 is 1.29 bits per heavy atom. The summed E-state index contributed by atoms with van der Waals surface area (Å²) in [5.74, 6) is -0.599. The van der Waals surface area contributed by atoms with E-state index < -0.39 is 5.91 Å². The second-order valence-corrected chi connectivity index (χ2v) is 4.89. The minimum atomic E-state index is -0.599. The predicted octanol–water partition coefficient (Wildman–Crippen LogP) is 0.863. The zero-order chi connectivity index (χ0) is 14.8. The third-order valence-corrected chi connectivity index (χ3v) is 3.56. The number of nitrogens with zero attached hydrogens (tertiary/aromatic N) is 1. The van der Waals surface area contributed by atoms with E-state index in [0.29, 0.717) is 37.1 Å². The number of para-hydroxylation sites is 1. The van der Waals surface area contributed by atoms with E-state index in [0.717, 1.165) is 0 Å². The molecule has 1 fully saturated rings. The summed E-state index contributed by atoms with van der Waals surface area (Å²) in [5.41, 5.74) is 6.04. The zero-order valence-corrected chi connectivity index (χ0v) is 11.5. The lowest BCUT2D eigenvalue weighted by atomic mass is 10.1. The monoisotopic (exact) mass is 288 g/mol. The first kappa shape index (κ1) is 13.8. The lowest BCUT2D eigenvalue weighted by molar-refractivity contribution is -0.0490. The van der Waals surface area contributed by atoms with E-state index in [4.69, 9.17) is 15.2 Å². The SMILES string of the molecule is NC(=O)c1cc(=O)n(CCC2OCCO2)c2ccccc12. The smallest absolute Gasteiger partial charge is 0.251 e.